The molecule has 1 aromatic rings. The van der Waals surface area contributed by atoms with Gasteiger partial charge in [0.2, 0.25) is 17.7 Å². The highest BCUT2D eigenvalue weighted by Gasteiger charge is 2.22. The molecule has 0 spiro atoms. The number of piperazine rings is 1. The van der Waals surface area contributed by atoms with E-state index in [1.54, 1.807) is 24.3 Å². The number of nitrogens with two attached hydrogens (primary N) is 1. The molecule has 152 valence electrons. The smallest absolute Gasteiger partial charge is 0.254 e. The predicted molar refractivity (Wildman–Crippen MR) is 103 cm³/mol. The average Bonchev–Trinajstić information content (AvgIpc) is 2.69. The Morgan fingerprint density at radius 2 is 1.86 bits per heavy atom. The Bertz CT molecular complexity index is 732. The molecular formula is C19H27N5O4. The minimum Gasteiger partial charge on any atom is -0.353 e. The largest absolute Gasteiger partial charge is 0.353 e. The Kier molecular flexibility index (Phi) is 7.51. The fourth-order valence-corrected chi connectivity index (χ4v) is 2.61. The van der Waals surface area contributed by atoms with Crippen LogP contribution in [0.2, 0.25) is 0 Å². The van der Waals surface area contributed by atoms with Crippen molar-refractivity contribution in [2.45, 2.75) is 26.4 Å². The Hall–Kier alpha value is -2.94. The molecule has 0 bridgehead atoms. The zero-order chi connectivity index (χ0) is 20.7. The van der Waals surface area contributed by atoms with Crippen LogP contribution >= 0.6 is 0 Å². The first-order valence-corrected chi connectivity index (χ1v) is 9.23. The summed E-state index contributed by atoms with van der Waals surface area (Å²) in [5.41, 5.74) is 7.01. The highest BCUT2D eigenvalue weighted by molar-refractivity contribution is 5.97. The molecule has 4 amide bonds. The van der Waals surface area contributed by atoms with Crippen LogP contribution in [0.5, 0.6) is 0 Å². The van der Waals surface area contributed by atoms with Crippen molar-refractivity contribution in [2.75, 3.05) is 26.2 Å². The van der Waals surface area contributed by atoms with Crippen molar-refractivity contribution in [3.63, 3.8) is 0 Å². The van der Waals surface area contributed by atoms with Crippen molar-refractivity contribution in [1.82, 2.24) is 20.9 Å². The lowest BCUT2D eigenvalue weighted by atomic mass is 10.1. The molecule has 1 fully saturated rings. The van der Waals surface area contributed by atoms with Crippen molar-refractivity contribution in [3.05, 3.63) is 35.4 Å². The van der Waals surface area contributed by atoms with Crippen molar-refractivity contribution in [1.29, 1.82) is 0 Å². The molecule has 1 saturated heterocycles. The number of rotatable bonds is 7. The maximum absolute atomic E-state index is 12.4. The third kappa shape index (κ3) is 6.05. The number of hydrogen-bond acceptors (Lipinski definition) is 5. The lowest BCUT2D eigenvalue weighted by Gasteiger charge is -2.26. The Morgan fingerprint density at radius 3 is 2.46 bits per heavy atom. The minimum absolute atomic E-state index is 0.0105. The molecule has 0 aromatic heterocycles. The number of amides is 4. The molecule has 1 aromatic carbocycles. The Morgan fingerprint density at radius 1 is 1.18 bits per heavy atom. The molecule has 2 rings (SSSR count). The monoisotopic (exact) mass is 389 g/mol. The standard InChI is InChI=1S/C19H27N5O4/c1-12(2)17(20)18(27)23-10-15(25)22-9-13-3-5-14(6-4-13)19(28)24-8-7-21-16(26)11-24/h3-6,12,17H,7-11,20H2,1-2H3,(H,21,26)(H,22,25)(H,23,27)/t17-/m0/s1. The summed E-state index contributed by atoms with van der Waals surface area (Å²) in [5.74, 6) is -1.07. The molecule has 9 nitrogen and oxygen atoms in total. The summed E-state index contributed by atoms with van der Waals surface area (Å²) < 4.78 is 0. The summed E-state index contributed by atoms with van der Waals surface area (Å²) >= 11 is 0. The van der Waals surface area contributed by atoms with E-state index >= 15 is 0 Å². The normalized spacial score (nSPS) is 15.0. The molecule has 1 aliphatic heterocycles. The van der Waals surface area contributed by atoms with Crippen LogP contribution < -0.4 is 21.7 Å². The number of benzene rings is 1. The molecule has 0 unspecified atom stereocenters. The Labute approximate surface area is 164 Å². The maximum atomic E-state index is 12.4. The number of hydrogen-bond donors (Lipinski definition) is 4. The second kappa shape index (κ2) is 9.84. The molecule has 1 atom stereocenters. The van der Waals surface area contributed by atoms with Gasteiger partial charge in [-0.2, -0.15) is 0 Å². The van der Waals surface area contributed by atoms with Gasteiger partial charge in [-0.15, -0.1) is 0 Å². The van der Waals surface area contributed by atoms with Crippen molar-refractivity contribution < 1.29 is 19.2 Å². The number of nitrogens with zero attached hydrogens (tertiary/aromatic N) is 1. The molecule has 0 radical (unpaired) electrons. The first-order chi connectivity index (χ1) is 13.3. The van der Waals surface area contributed by atoms with Gasteiger partial charge < -0.3 is 26.6 Å². The van der Waals surface area contributed by atoms with Gasteiger partial charge in [-0.05, 0) is 23.6 Å². The van der Waals surface area contributed by atoms with E-state index in [1.807, 2.05) is 13.8 Å². The number of carbonyl (C=O) groups is 4. The van der Waals surface area contributed by atoms with E-state index in [0.29, 0.717) is 18.7 Å². The summed E-state index contributed by atoms with van der Waals surface area (Å²) in [6, 6.07) is 6.17. The summed E-state index contributed by atoms with van der Waals surface area (Å²) in [5, 5.41) is 7.88. The lowest BCUT2D eigenvalue weighted by Crippen LogP contribution is -2.49. The van der Waals surface area contributed by atoms with Gasteiger partial charge in [-0.1, -0.05) is 26.0 Å². The topological polar surface area (TPSA) is 134 Å². The second-order valence-corrected chi connectivity index (χ2v) is 7.04. The molecule has 28 heavy (non-hydrogen) atoms. The summed E-state index contributed by atoms with van der Waals surface area (Å²) in [6.07, 6.45) is 0. The van der Waals surface area contributed by atoms with Crippen molar-refractivity contribution in [2.24, 2.45) is 11.7 Å². The van der Waals surface area contributed by atoms with E-state index in [1.165, 1.54) is 4.90 Å². The van der Waals surface area contributed by atoms with Crippen LogP contribution in [0.25, 0.3) is 0 Å². The zero-order valence-corrected chi connectivity index (χ0v) is 16.2. The SMILES string of the molecule is CC(C)[C@H](N)C(=O)NCC(=O)NCc1ccc(C(=O)N2CCNC(=O)C2)cc1. The second-order valence-electron chi connectivity index (χ2n) is 7.04. The summed E-state index contributed by atoms with van der Waals surface area (Å²) in [6.45, 7) is 4.78. The highest BCUT2D eigenvalue weighted by atomic mass is 16.2. The van der Waals surface area contributed by atoms with Crippen LogP contribution in [-0.2, 0) is 20.9 Å². The van der Waals surface area contributed by atoms with Gasteiger partial charge in [0.05, 0.1) is 19.1 Å². The number of nitrogens with one attached hydrogen (secondary N) is 3. The van der Waals surface area contributed by atoms with Gasteiger partial charge in [0, 0.05) is 25.2 Å². The van der Waals surface area contributed by atoms with Gasteiger partial charge in [0.1, 0.15) is 0 Å². The number of carbonyl (C=O) groups excluding carboxylic acids is 4. The molecule has 0 aliphatic carbocycles. The molecule has 5 N–H and O–H groups in total. The van der Waals surface area contributed by atoms with Gasteiger partial charge in [-0.25, -0.2) is 0 Å². The first kappa shape index (κ1) is 21.4. The van der Waals surface area contributed by atoms with Crippen LogP contribution in [0.3, 0.4) is 0 Å². The summed E-state index contributed by atoms with van der Waals surface area (Å²) in [4.78, 5) is 48.9. The van der Waals surface area contributed by atoms with Gasteiger partial charge in [-0.3, -0.25) is 19.2 Å². The van der Waals surface area contributed by atoms with Gasteiger partial charge in [0.25, 0.3) is 5.91 Å². The average molecular weight is 389 g/mol. The highest BCUT2D eigenvalue weighted by Crippen LogP contribution is 2.09. The third-order valence-corrected chi connectivity index (χ3v) is 4.46. The van der Waals surface area contributed by atoms with Gasteiger partial charge >= 0.3 is 0 Å². The summed E-state index contributed by atoms with van der Waals surface area (Å²) in [7, 11) is 0. The molecule has 1 aliphatic rings. The van der Waals surface area contributed by atoms with Gasteiger partial charge in [0.15, 0.2) is 0 Å². The lowest BCUT2D eigenvalue weighted by molar-refractivity contribution is -0.127. The van der Waals surface area contributed by atoms with E-state index in [9.17, 15) is 19.2 Å². The van der Waals surface area contributed by atoms with Crippen LogP contribution in [0.1, 0.15) is 29.8 Å². The fourth-order valence-electron chi connectivity index (χ4n) is 2.61. The quantitative estimate of drug-likeness (QED) is 0.473. The van der Waals surface area contributed by atoms with E-state index in [0.717, 1.165) is 5.56 Å². The fraction of sp³-hybridized carbons (Fsp3) is 0.474. The third-order valence-electron chi connectivity index (χ3n) is 4.46. The first-order valence-electron chi connectivity index (χ1n) is 9.23. The molecule has 0 saturated carbocycles. The zero-order valence-electron chi connectivity index (χ0n) is 16.2. The Balaban J connectivity index is 1.79. The maximum Gasteiger partial charge on any atom is 0.254 e. The van der Waals surface area contributed by atoms with Crippen molar-refractivity contribution >= 4 is 23.6 Å². The minimum atomic E-state index is -0.649. The molecule has 1 heterocycles. The van der Waals surface area contributed by atoms with E-state index in [2.05, 4.69) is 16.0 Å². The predicted octanol–water partition coefficient (Wildman–Crippen LogP) is -1.03. The van der Waals surface area contributed by atoms with Crippen LogP contribution in [0, 0.1) is 5.92 Å². The van der Waals surface area contributed by atoms with Crippen LogP contribution in [-0.4, -0.2) is 60.7 Å². The van der Waals surface area contributed by atoms with E-state index in [-0.39, 0.29) is 49.2 Å². The molecular weight excluding hydrogens is 362 g/mol. The molecule has 9 heteroatoms. The van der Waals surface area contributed by atoms with E-state index in [4.69, 9.17) is 5.73 Å². The van der Waals surface area contributed by atoms with Crippen molar-refractivity contribution in [3.8, 4) is 0 Å². The van der Waals surface area contributed by atoms with E-state index < -0.39 is 6.04 Å². The van der Waals surface area contributed by atoms with Crippen LogP contribution in [0.15, 0.2) is 24.3 Å². The van der Waals surface area contributed by atoms with Crippen LogP contribution in [0.4, 0.5) is 0 Å².